The monoisotopic (exact) mass is 476 g/mol. The van der Waals surface area contributed by atoms with Gasteiger partial charge in [0.25, 0.3) is 15.9 Å². The highest BCUT2D eigenvalue weighted by atomic mass is 32.2. The Morgan fingerprint density at radius 2 is 1.53 bits per heavy atom. The Balaban J connectivity index is 2.01. The molecule has 0 saturated carbocycles. The molecule has 2 aromatic carbocycles. The fraction of sp³-hybridized carbons (Fsp3) is 0.192. The molecule has 0 aliphatic carbocycles. The van der Waals surface area contributed by atoms with Crippen LogP contribution in [-0.2, 0) is 10.0 Å². The molecule has 7 nitrogen and oxygen atoms in total. The third-order valence-electron chi connectivity index (χ3n) is 5.65. The molecule has 4 rings (SSSR count). The van der Waals surface area contributed by atoms with E-state index in [9.17, 15) is 18.0 Å². The zero-order valence-electron chi connectivity index (χ0n) is 19.5. The lowest BCUT2D eigenvalue weighted by molar-refractivity contribution is 0.1000. The molecular weight excluding hydrogens is 452 g/mol. The van der Waals surface area contributed by atoms with Gasteiger partial charge >= 0.3 is 0 Å². The highest BCUT2D eigenvalue weighted by Gasteiger charge is 2.34. The van der Waals surface area contributed by atoms with Crippen LogP contribution in [0.1, 0.15) is 50.1 Å². The summed E-state index contributed by atoms with van der Waals surface area (Å²) in [4.78, 5) is 29.9. The second-order valence-electron chi connectivity index (χ2n) is 8.31. The maximum atomic E-state index is 14.1. The Bertz CT molecular complexity index is 1530. The van der Waals surface area contributed by atoms with Crippen molar-refractivity contribution in [3.8, 4) is 0 Å². The van der Waals surface area contributed by atoms with Gasteiger partial charge in [0.15, 0.2) is 5.78 Å². The molecular formula is C26H24N2O5S. The van der Waals surface area contributed by atoms with Crippen LogP contribution >= 0.6 is 0 Å². The lowest BCUT2D eigenvalue weighted by atomic mass is 10.1. The van der Waals surface area contributed by atoms with Gasteiger partial charge in [-0.3, -0.25) is 14.6 Å². The first-order chi connectivity index (χ1) is 16.0. The number of furan rings is 1. The molecule has 0 N–H and O–H groups in total. The van der Waals surface area contributed by atoms with E-state index in [4.69, 9.17) is 4.42 Å². The fourth-order valence-electron chi connectivity index (χ4n) is 4.41. The predicted molar refractivity (Wildman–Crippen MR) is 130 cm³/mol. The lowest BCUT2D eigenvalue weighted by Crippen LogP contribution is -2.37. The van der Waals surface area contributed by atoms with Gasteiger partial charge < -0.3 is 4.42 Å². The molecule has 2 aromatic heterocycles. The van der Waals surface area contributed by atoms with Crippen LogP contribution < -0.4 is 4.31 Å². The van der Waals surface area contributed by atoms with Gasteiger partial charge in [0.1, 0.15) is 11.3 Å². The second kappa shape index (κ2) is 8.53. The van der Waals surface area contributed by atoms with Crippen molar-refractivity contribution in [1.29, 1.82) is 0 Å². The molecule has 0 aliphatic heterocycles. The average molecular weight is 477 g/mol. The molecule has 0 bridgehead atoms. The summed E-state index contributed by atoms with van der Waals surface area (Å²) >= 11 is 0. The van der Waals surface area contributed by atoms with Crippen LogP contribution in [0.15, 0.2) is 64.2 Å². The van der Waals surface area contributed by atoms with Gasteiger partial charge in [0, 0.05) is 23.3 Å². The van der Waals surface area contributed by atoms with E-state index >= 15 is 0 Å². The number of hydrogen-bond donors (Lipinski definition) is 0. The minimum absolute atomic E-state index is 0.0655. The van der Waals surface area contributed by atoms with E-state index in [0.29, 0.717) is 33.4 Å². The van der Waals surface area contributed by atoms with Gasteiger partial charge in [-0.15, -0.1) is 0 Å². The van der Waals surface area contributed by atoms with Gasteiger partial charge in [-0.1, -0.05) is 17.7 Å². The molecule has 0 radical (unpaired) electrons. The Morgan fingerprint density at radius 1 is 0.912 bits per heavy atom. The quantitative estimate of drug-likeness (QED) is 0.363. The molecule has 34 heavy (non-hydrogen) atoms. The minimum Gasteiger partial charge on any atom is -0.461 e. The molecule has 8 heteroatoms. The van der Waals surface area contributed by atoms with Crippen LogP contribution in [0.5, 0.6) is 0 Å². The summed E-state index contributed by atoms with van der Waals surface area (Å²) in [5.41, 5.74) is 3.05. The normalized spacial score (nSPS) is 11.6. The minimum atomic E-state index is -4.33. The van der Waals surface area contributed by atoms with E-state index in [2.05, 4.69) is 4.98 Å². The number of sulfonamides is 1. The Morgan fingerprint density at radius 3 is 2.12 bits per heavy atom. The van der Waals surface area contributed by atoms with Crippen molar-refractivity contribution in [2.45, 2.75) is 39.5 Å². The molecule has 1 amide bonds. The molecule has 0 aliphatic rings. The number of rotatable bonds is 5. The Labute approximate surface area is 198 Å². The molecule has 0 fully saturated rings. The van der Waals surface area contributed by atoms with Crippen LogP contribution in [-0.4, -0.2) is 25.1 Å². The van der Waals surface area contributed by atoms with Crippen molar-refractivity contribution in [1.82, 2.24) is 4.98 Å². The molecule has 174 valence electrons. The lowest BCUT2D eigenvalue weighted by Gasteiger charge is -2.25. The molecule has 0 atom stereocenters. The maximum Gasteiger partial charge on any atom is 0.272 e. The zero-order chi connectivity index (χ0) is 24.8. The number of carbonyl (C=O) groups is 2. The fourth-order valence-corrected chi connectivity index (χ4v) is 6.24. The first kappa shape index (κ1) is 23.4. The Kier molecular flexibility index (Phi) is 5.87. The highest BCUT2D eigenvalue weighted by Crippen LogP contribution is 2.34. The molecule has 0 saturated heterocycles. The van der Waals surface area contributed by atoms with Crippen molar-refractivity contribution in [2.75, 3.05) is 4.31 Å². The molecule has 4 aromatic rings. The molecule has 0 spiro atoms. The number of pyridine rings is 1. The second-order valence-corrected chi connectivity index (χ2v) is 10.0. The van der Waals surface area contributed by atoms with E-state index in [0.717, 1.165) is 9.87 Å². The summed E-state index contributed by atoms with van der Waals surface area (Å²) < 4.78 is 34.6. The van der Waals surface area contributed by atoms with Crippen LogP contribution in [0.4, 0.5) is 5.69 Å². The predicted octanol–water partition coefficient (Wildman–Crippen LogP) is 5.30. The number of nitrogens with zero attached hydrogens (tertiary/aromatic N) is 2. The summed E-state index contributed by atoms with van der Waals surface area (Å²) in [6.07, 6.45) is 2.85. The van der Waals surface area contributed by atoms with Gasteiger partial charge in [-0.2, -0.15) is 4.31 Å². The van der Waals surface area contributed by atoms with Crippen LogP contribution in [0, 0.1) is 27.7 Å². The van der Waals surface area contributed by atoms with Gasteiger partial charge in [-0.05, 0) is 76.1 Å². The standard InChI is InChI=1S/C26H24N2O5S/c1-15-12-16(2)25(17(3)13-15)34(31,32)28(26(30)20-8-10-27-11-9-20)21-6-7-23-22(14-21)24(18(4)29)19(5)33-23/h6-14H,1-5H3. The van der Waals surface area contributed by atoms with E-state index in [-0.39, 0.29) is 21.9 Å². The van der Waals surface area contributed by atoms with Crippen LogP contribution in [0.2, 0.25) is 0 Å². The highest BCUT2D eigenvalue weighted by molar-refractivity contribution is 7.93. The number of anilines is 1. The summed E-state index contributed by atoms with van der Waals surface area (Å²) in [5, 5.41) is 0.447. The number of hydrogen-bond acceptors (Lipinski definition) is 6. The number of aromatic nitrogens is 1. The summed E-state index contributed by atoms with van der Waals surface area (Å²) in [5.74, 6) is -0.515. The first-order valence-electron chi connectivity index (χ1n) is 10.6. The maximum absolute atomic E-state index is 14.1. The topological polar surface area (TPSA) is 97.6 Å². The number of carbonyl (C=O) groups excluding carboxylic acids is 2. The zero-order valence-corrected chi connectivity index (χ0v) is 20.4. The third kappa shape index (κ3) is 3.90. The summed E-state index contributed by atoms with van der Waals surface area (Å²) in [6.45, 7) is 8.39. The van der Waals surface area contributed by atoms with Gasteiger partial charge in [0.2, 0.25) is 0 Å². The van der Waals surface area contributed by atoms with Crippen LogP contribution in [0.3, 0.4) is 0 Å². The van der Waals surface area contributed by atoms with E-state index in [1.165, 1.54) is 43.6 Å². The number of fused-ring (bicyclic) bond motifs is 1. The van der Waals surface area contributed by atoms with Gasteiger partial charge in [-0.25, -0.2) is 8.42 Å². The van der Waals surface area contributed by atoms with E-state index < -0.39 is 15.9 Å². The third-order valence-corrected chi connectivity index (χ3v) is 7.67. The van der Waals surface area contributed by atoms with Crippen molar-refractivity contribution in [2.24, 2.45) is 0 Å². The molecule has 2 heterocycles. The number of Topliss-reactive ketones (excluding diaryl/α,β-unsaturated/α-hetero) is 1. The first-order valence-corrected chi connectivity index (χ1v) is 12.1. The number of benzene rings is 2. The van der Waals surface area contributed by atoms with E-state index in [1.807, 2.05) is 6.92 Å². The average Bonchev–Trinajstić information content (AvgIpc) is 3.08. The Hall–Kier alpha value is -3.78. The molecule has 0 unspecified atom stereocenters. The van der Waals surface area contributed by atoms with Crippen molar-refractivity contribution < 1.29 is 22.4 Å². The van der Waals surface area contributed by atoms with Crippen molar-refractivity contribution >= 4 is 38.4 Å². The van der Waals surface area contributed by atoms with Crippen molar-refractivity contribution in [3.05, 3.63) is 88.4 Å². The van der Waals surface area contributed by atoms with Crippen LogP contribution in [0.25, 0.3) is 11.0 Å². The van der Waals surface area contributed by atoms with Crippen molar-refractivity contribution in [3.63, 3.8) is 0 Å². The SMILES string of the molecule is CC(=O)c1c(C)oc2ccc(N(C(=O)c3ccncc3)S(=O)(=O)c3c(C)cc(C)cc3C)cc12. The number of amides is 1. The number of aryl methyl sites for hydroxylation is 4. The largest absolute Gasteiger partial charge is 0.461 e. The smallest absolute Gasteiger partial charge is 0.272 e. The summed E-state index contributed by atoms with van der Waals surface area (Å²) in [7, 11) is -4.33. The number of ketones is 1. The van der Waals surface area contributed by atoms with Gasteiger partial charge in [0.05, 0.1) is 16.1 Å². The summed E-state index contributed by atoms with van der Waals surface area (Å²) in [6, 6.07) is 11.0. The van der Waals surface area contributed by atoms with E-state index in [1.54, 1.807) is 39.0 Å².